The summed E-state index contributed by atoms with van der Waals surface area (Å²) in [5.41, 5.74) is 2.03. The summed E-state index contributed by atoms with van der Waals surface area (Å²) >= 11 is 1.60. The first kappa shape index (κ1) is 14.7. The Morgan fingerprint density at radius 2 is 1.90 bits per heavy atom. The lowest BCUT2D eigenvalue weighted by Crippen LogP contribution is -2.22. The number of nitrogens with zero attached hydrogens (tertiary/aromatic N) is 1. The molecular weight excluding hydrogens is 268 g/mol. The molecule has 0 unspecified atom stereocenters. The zero-order valence-corrected chi connectivity index (χ0v) is 13.2. The predicted octanol–water partition coefficient (Wildman–Crippen LogP) is 3.68. The van der Waals surface area contributed by atoms with Gasteiger partial charge in [0.05, 0.1) is 11.6 Å². The summed E-state index contributed by atoms with van der Waals surface area (Å²) in [7, 11) is 0. The molecule has 0 saturated heterocycles. The number of nitrogens with one attached hydrogen (secondary N) is 1. The summed E-state index contributed by atoms with van der Waals surface area (Å²) in [6, 6.07) is 7.80. The topological polar surface area (TPSA) is 42.0 Å². The number of aromatic nitrogens is 1. The first-order chi connectivity index (χ1) is 9.36. The number of benzene rings is 1. The molecule has 0 aliphatic rings. The number of carbonyl (C=O) groups excluding carboxylic acids is 1. The van der Waals surface area contributed by atoms with Crippen LogP contribution in [-0.4, -0.2) is 10.9 Å². The number of hydrogen-bond donors (Lipinski definition) is 1. The number of rotatable bonds is 3. The van der Waals surface area contributed by atoms with E-state index >= 15 is 0 Å². The molecule has 0 aliphatic heterocycles. The maximum atomic E-state index is 12.1. The molecule has 1 aromatic carbocycles. The molecule has 0 fully saturated rings. The van der Waals surface area contributed by atoms with Crippen LogP contribution < -0.4 is 5.32 Å². The molecule has 0 spiro atoms. The van der Waals surface area contributed by atoms with Crippen molar-refractivity contribution in [2.24, 2.45) is 0 Å². The lowest BCUT2D eigenvalue weighted by molar-refractivity contribution is 0.0951. The van der Waals surface area contributed by atoms with Crippen molar-refractivity contribution in [3.63, 3.8) is 0 Å². The average molecular weight is 288 g/mol. The Kier molecular flexibility index (Phi) is 4.23. The second-order valence-corrected chi connectivity index (χ2v) is 7.17. The van der Waals surface area contributed by atoms with Crippen LogP contribution in [0.15, 0.2) is 30.5 Å². The highest BCUT2D eigenvalue weighted by Crippen LogP contribution is 2.22. The van der Waals surface area contributed by atoms with Gasteiger partial charge in [-0.2, -0.15) is 0 Å². The number of hydrogen-bond acceptors (Lipinski definition) is 3. The summed E-state index contributed by atoms with van der Waals surface area (Å²) < 4.78 is 0. The van der Waals surface area contributed by atoms with Gasteiger partial charge in [0.2, 0.25) is 0 Å². The minimum atomic E-state index is -0.0449. The van der Waals surface area contributed by atoms with E-state index in [2.05, 4.69) is 31.1 Å². The third kappa shape index (κ3) is 3.67. The van der Waals surface area contributed by atoms with Gasteiger partial charge in [-0.05, 0) is 30.0 Å². The van der Waals surface area contributed by atoms with Gasteiger partial charge in [0.1, 0.15) is 0 Å². The number of carbonyl (C=O) groups is 1. The van der Waals surface area contributed by atoms with Crippen molar-refractivity contribution in [3.05, 3.63) is 51.5 Å². The average Bonchev–Trinajstić information content (AvgIpc) is 2.81. The fraction of sp³-hybridized carbons (Fsp3) is 0.375. The molecule has 1 aromatic heterocycles. The summed E-state index contributed by atoms with van der Waals surface area (Å²) in [5, 5.41) is 3.94. The molecular formula is C16H20N2OS. The van der Waals surface area contributed by atoms with E-state index in [1.54, 1.807) is 11.3 Å². The molecule has 2 rings (SSSR count). The van der Waals surface area contributed by atoms with Crippen molar-refractivity contribution < 1.29 is 4.79 Å². The smallest absolute Gasteiger partial charge is 0.251 e. The van der Waals surface area contributed by atoms with Gasteiger partial charge in [0.15, 0.2) is 0 Å². The molecule has 1 amide bonds. The normalized spacial score (nSPS) is 11.4. The lowest BCUT2D eigenvalue weighted by Gasteiger charge is -2.19. The Balaban J connectivity index is 1.99. The monoisotopic (exact) mass is 288 g/mol. The van der Waals surface area contributed by atoms with Crippen LogP contribution in [0.25, 0.3) is 0 Å². The fourth-order valence-corrected chi connectivity index (χ4v) is 2.61. The molecule has 106 valence electrons. The Hall–Kier alpha value is -1.68. The molecule has 0 atom stereocenters. The van der Waals surface area contributed by atoms with E-state index in [0.29, 0.717) is 12.1 Å². The van der Waals surface area contributed by atoms with Crippen LogP contribution in [0.1, 0.15) is 46.6 Å². The Bertz CT molecular complexity index is 594. The molecule has 0 saturated carbocycles. The third-order valence-electron chi connectivity index (χ3n) is 3.11. The van der Waals surface area contributed by atoms with Gasteiger partial charge in [-0.15, -0.1) is 11.3 Å². The Morgan fingerprint density at radius 1 is 1.25 bits per heavy atom. The summed E-state index contributed by atoms with van der Waals surface area (Å²) in [6.45, 7) is 8.98. The largest absolute Gasteiger partial charge is 0.347 e. The van der Waals surface area contributed by atoms with E-state index in [1.165, 1.54) is 5.56 Å². The van der Waals surface area contributed by atoms with Gasteiger partial charge in [-0.25, -0.2) is 4.98 Å². The third-order valence-corrected chi connectivity index (χ3v) is 4.02. The van der Waals surface area contributed by atoms with Crippen molar-refractivity contribution in [1.29, 1.82) is 0 Å². The SMILES string of the molecule is Cc1ncc(CNC(=O)c2ccc(C(C)(C)C)cc2)s1. The van der Waals surface area contributed by atoms with E-state index in [9.17, 15) is 4.79 Å². The summed E-state index contributed by atoms with van der Waals surface area (Å²) in [4.78, 5) is 17.3. The van der Waals surface area contributed by atoms with Crippen molar-refractivity contribution in [1.82, 2.24) is 10.3 Å². The molecule has 20 heavy (non-hydrogen) atoms. The first-order valence-corrected chi connectivity index (χ1v) is 7.48. The highest BCUT2D eigenvalue weighted by Gasteiger charge is 2.14. The van der Waals surface area contributed by atoms with E-state index in [1.807, 2.05) is 37.4 Å². The van der Waals surface area contributed by atoms with E-state index < -0.39 is 0 Å². The van der Waals surface area contributed by atoms with Crippen molar-refractivity contribution in [2.75, 3.05) is 0 Å². The van der Waals surface area contributed by atoms with Gasteiger partial charge in [-0.3, -0.25) is 4.79 Å². The zero-order valence-electron chi connectivity index (χ0n) is 12.4. The van der Waals surface area contributed by atoms with Crippen LogP contribution in [0, 0.1) is 6.92 Å². The van der Waals surface area contributed by atoms with E-state index in [4.69, 9.17) is 0 Å². The Morgan fingerprint density at radius 3 is 2.40 bits per heavy atom. The summed E-state index contributed by atoms with van der Waals surface area (Å²) in [5.74, 6) is -0.0449. The second kappa shape index (κ2) is 5.75. The number of amides is 1. The first-order valence-electron chi connectivity index (χ1n) is 6.66. The van der Waals surface area contributed by atoms with Crippen LogP contribution in [0.5, 0.6) is 0 Å². The van der Waals surface area contributed by atoms with Crippen LogP contribution in [-0.2, 0) is 12.0 Å². The molecule has 0 bridgehead atoms. The molecule has 1 heterocycles. The van der Waals surface area contributed by atoms with Crippen molar-refractivity contribution in [3.8, 4) is 0 Å². The molecule has 2 aromatic rings. The van der Waals surface area contributed by atoms with Crippen LogP contribution in [0.4, 0.5) is 0 Å². The quantitative estimate of drug-likeness (QED) is 0.936. The van der Waals surface area contributed by atoms with Crippen LogP contribution in [0.2, 0.25) is 0 Å². The number of aryl methyl sites for hydroxylation is 1. The molecule has 1 N–H and O–H groups in total. The maximum Gasteiger partial charge on any atom is 0.251 e. The minimum Gasteiger partial charge on any atom is -0.347 e. The van der Waals surface area contributed by atoms with Gasteiger partial charge in [0.25, 0.3) is 5.91 Å². The van der Waals surface area contributed by atoms with Crippen molar-refractivity contribution in [2.45, 2.75) is 39.7 Å². The van der Waals surface area contributed by atoms with E-state index in [-0.39, 0.29) is 11.3 Å². The highest BCUT2D eigenvalue weighted by atomic mass is 32.1. The van der Waals surface area contributed by atoms with Crippen molar-refractivity contribution >= 4 is 17.2 Å². The molecule has 3 nitrogen and oxygen atoms in total. The van der Waals surface area contributed by atoms with E-state index in [0.717, 1.165) is 9.88 Å². The standard InChI is InChI=1S/C16H20N2OS/c1-11-17-9-14(20-11)10-18-15(19)12-5-7-13(8-6-12)16(2,3)4/h5-9H,10H2,1-4H3,(H,18,19). The van der Waals surface area contributed by atoms with Gasteiger partial charge >= 0.3 is 0 Å². The number of thiazole rings is 1. The Labute approximate surface area is 124 Å². The minimum absolute atomic E-state index is 0.0449. The van der Waals surface area contributed by atoms with Gasteiger partial charge in [0, 0.05) is 16.6 Å². The van der Waals surface area contributed by atoms with Gasteiger partial charge in [-0.1, -0.05) is 32.9 Å². The molecule has 0 radical (unpaired) electrons. The van der Waals surface area contributed by atoms with Crippen LogP contribution in [0.3, 0.4) is 0 Å². The zero-order chi connectivity index (χ0) is 14.8. The second-order valence-electron chi connectivity index (χ2n) is 5.86. The lowest BCUT2D eigenvalue weighted by atomic mass is 9.87. The predicted molar refractivity (Wildman–Crippen MR) is 83.2 cm³/mol. The molecule has 0 aliphatic carbocycles. The highest BCUT2D eigenvalue weighted by molar-refractivity contribution is 7.11. The van der Waals surface area contributed by atoms with Crippen LogP contribution >= 0.6 is 11.3 Å². The van der Waals surface area contributed by atoms with Gasteiger partial charge < -0.3 is 5.32 Å². The molecule has 4 heteroatoms. The fourth-order valence-electron chi connectivity index (χ4n) is 1.88. The maximum absolute atomic E-state index is 12.1. The summed E-state index contributed by atoms with van der Waals surface area (Å²) in [6.07, 6.45) is 1.81.